The monoisotopic (exact) mass is 496 g/mol. The van der Waals surface area contributed by atoms with Crippen LogP contribution in [0.1, 0.15) is 63.8 Å². The number of hydrogen-bond acceptors (Lipinski definition) is 7. The summed E-state index contributed by atoms with van der Waals surface area (Å²) in [4.78, 5) is 15.8. The highest BCUT2D eigenvalue weighted by Crippen LogP contribution is 2.33. The van der Waals surface area contributed by atoms with Gasteiger partial charge in [0, 0.05) is 12.0 Å². The van der Waals surface area contributed by atoms with Crippen molar-refractivity contribution in [2.45, 2.75) is 65.3 Å². The van der Waals surface area contributed by atoms with Crippen LogP contribution < -0.4 is 14.8 Å². The Bertz CT molecular complexity index is 1100. The van der Waals surface area contributed by atoms with E-state index in [2.05, 4.69) is 36.3 Å². The zero-order valence-electron chi connectivity index (χ0n) is 21.7. The number of benzene rings is 2. The van der Waals surface area contributed by atoms with Crippen LogP contribution in [-0.4, -0.2) is 34.9 Å². The van der Waals surface area contributed by atoms with Gasteiger partial charge in [-0.05, 0) is 62.6 Å². The molecule has 0 aliphatic carbocycles. The fourth-order valence-corrected chi connectivity index (χ4v) is 3.50. The number of nitrogens with zero attached hydrogens (tertiary/aromatic N) is 1. The average molecular weight is 497 g/mol. The molecule has 1 aromatic heterocycles. The molecule has 3 aromatic rings. The first kappa shape index (κ1) is 27.1. The summed E-state index contributed by atoms with van der Waals surface area (Å²) in [6.45, 7) is 10.9. The van der Waals surface area contributed by atoms with Gasteiger partial charge in [0.2, 0.25) is 5.89 Å². The van der Waals surface area contributed by atoms with Gasteiger partial charge >= 0.3 is 6.09 Å². The number of amides is 1. The van der Waals surface area contributed by atoms with Gasteiger partial charge in [-0.15, -0.1) is 0 Å². The first-order valence-electron chi connectivity index (χ1n) is 12.0. The summed E-state index contributed by atoms with van der Waals surface area (Å²) in [7, 11) is 0. The molecule has 0 aliphatic rings. The first-order chi connectivity index (χ1) is 17.1. The van der Waals surface area contributed by atoms with E-state index in [-0.39, 0.29) is 18.6 Å². The lowest BCUT2D eigenvalue weighted by Crippen LogP contribution is -2.33. The second-order valence-electron chi connectivity index (χ2n) is 9.98. The van der Waals surface area contributed by atoms with Crippen LogP contribution in [0, 0.1) is 0 Å². The second-order valence-corrected chi connectivity index (χ2v) is 9.98. The van der Waals surface area contributed by atoms with E-state index in [1.165, 1.54) is 6.26 Å². The van der Waals surface area contributed by atoms with Gasteiger partial charge in [0.25, 0.3) is 0 Å². The Hall–Kier alpha value is -3.52. The lowest BCUT2D eigenvalue weighted by Gasteiger charge is -2.26. The Labute approximate surface area is 212 Å². The van der Waals surface area contributed by atoms with Crippen molar-refractivity contribution in [1.82, 2.24) is 10.3 Å². The molecule has 3 rings (SSSR count). The maximum absolute atomic E-state index is 11.7. The molecule has 0 spiro atoms. The Balaban J connectivity index is 1.47. The van der Waals surface area contributed by atoms with Crippen molar-refractivity contribution in [1.29, 1.82) is 0 Å². The zero-order chi connectivity index (χ0) is 26.2. The van der Waals surface area contributed by atoms with Crippen LogP contribution in [0.2, 0.25) is 0 Å². The Kier molecular flexibility index (Phi) is 8.98. The van der Waals surface area contributed by atoms with Crippen LogP contribution in [0.3, 0.4) is 0 Å². The lowest BCUT2D eigenvalue weighted by molar-refractivity contribution is 0.0525. The van der Waals surface area contributed by atoms with Gasteiger partial charge in [-0.25, -0.2) is 9.78 Å². The molecule has 0 atom stereocenters. The summed E-state index contributed by atoms with van der Waals surface area (Å²) >= 11 is 0. The van der Waals surface area contributed by atoms with Crippen LogP contribution >= 0.6 is 0 Å². The number of aromatic nitrogens is 1. The minimum atomic E-state index is -0.504. The highest BCUT2D eigenvalue weighted by Gasteiger charge is 2.23. The zero-order valence-corrected chi connectivity index (χ0v) is 21.7. The van der Waals surface area contributed by atoms with Crippen molar-refractivity contribution in [2.24, 2.45) is 0 Å². The minimum Gasteiger partial charge on any atom is -0.494 e. The van der Waals surface area contributed by atoms with Crippen molar-refractivity contribution in [3.05, 3.63) is 77.5 Å². The SMILES string of the molecule is CC(C)(C)OC(=O)NCCCOc1ccc(C(C)(C)c2ccc(OCc3nc(CO)co3)cc2)cc1. The van der Waals surface area contributed by atoms with Crippen LogP contribution in [0.5, 0.6) is 11.5 Å². The Morgan fingerprint density at radius 2 is 1.53 bits per heavy atom. The van der Waals surface area contributed by atoms with Crippen LogP contribution in [0.15, 0.2) is 59.2 Å². The van der Waals surface area contributed by atoms with Gasteiger partial charge < -0.3 is 29.1 Å². The van der Waals surface area contributed by atoms with Gasteiger partial charge in [0.1, 0.15) is 29.1 Å². The number of oxazole rings is 1. The number of alkyl carbamates (subject to hydrolysis) is 1. The minimum absolute atomic E-state index is 0.159. The smallest absolute Gasteiger partial charge is 0.407 e. The number of rotatable bonds is 11. The van der Waals surface area contributed by atoms with Gasteiger partial charge in [0.15, 0.2) is 6.61 Å². The fraction of sp³-hybridized carbons (Fsp3) is 0.429. The van der Waals surface area contributed by atoms with Crippen LogP contribution in [0.25, 0.3) is 0 Å². The molecule has 36 heavy (non-hydrogen) atoms. The van der Waals surface area contributed by atoms with Crippen LogP contribution in [-0.2, 0) is 23.4 Å². The quantitative estimate of drug-likeness (QED) is 0.344. The number of ether oxygens (including phenoxy) is 3. The number of carbonyl (C=O) groups excluding carboxylic acids is 1. The highest BCUT2D eigenvalue weighted by molar-refractivity contribution is 5.67. The number of nitrogens with one attached hydrogen (secondary N) is 1. The molecule has 1 amide bonds. The molecule has 8 nitrogen and oxygen atoms in total. The second kappa shape index (κ2) is 11.9. The van der Waals surface area contributed by atoms with Crippen molar-refractivity contribution < 1.29 is 28.5 Å². The number of carbonyl (C=O) groups is 1. The molecular weight excluding hydrogens is 460 g/mol. The summed E-state index contributed by atoms with van der Waals surface area (Å²) in [5.41, 5.74) is 2.07. The third-order valence-electron chi connectivity index (χ3n) is 5.53. The van der Waals surface area contributed by atoms with E-state index >= 15 is 0 Å². The summed E-state index contributed by atoms with van der Waals surface area (Å²) in [5.74, 6) is 1.92. The van der Waals surface area contributed by atoms with E-state index in [1.807, 2.05) is 57.2 Å². The average Bonchev–Trinajstić information content (AvgIpc) is 3.30. The molecule has 2 aromatic carbocycles. The molecule has 0 aliphatic heterocycles. The lowest BCUT2D eigenvalue weighted by atomic mass is 9.78. The number of aliphatic hydroxyl groups is 1. The standard InChI is InChI=1S/C28H36N2O6/c1-27(2,3)36-26(32)29-15-6-16-33-23-11-7-20(8-12-23)28(4,5)21-9-13-24(14-10-21)34-19-25-30-22(17-31)18-35-25/h7-14,18,31H,6,15-17,19H2,1-5H3,(H,29,32). The molecule has 194 valence electrons. The molecule has 0 saturated heterocycles. The fourth-order valence-electron chi connectivity index (χ4n) is 3.50. The topological polar surface area (TPSA) is 103 Å². The van der Waals surface area contributed by atoms with E-state index in [1.54, 1.807) is 0 Å². The van der Waals surface area contributed by atoms with Gasteiger partial charge in [0.05, 0.1) is 13.2 Å². The summed E-state index contributed by atoms with van der Waals surface area (Å²) in [6, 6.07) is 16.0. The van der Waals surface area contributed by atoms with Gasteiger partial charge in [-0.3, -0.25) is 0 Å². The van der Waals surface area contributed by atoms with E-state index in [9.17, 15) is 4.79 Å². The Morgan fingerprint density at radius 1 is 0.944 bits per heavy atom. The third-order valence-corrected chi connectivity index (χ3v) is 5.53. The molecule has 0 unspecified atom stereocenters. The van der Waals surface area contributed by atoms with Crippen LogP contribution in [0.4, 0.5) is 4.79 Å². The molecular formula is C28H36N2O6. The number of aliphatic hydroxyl groups excluding tert-OH is 1. The van der Waals surface area contributed by atoms with E-state index in [0.29, 0.717) is 36.9 Å². The molecule has 0 radical (unpaired) electrons. The first-order valence-corrected chi connectivity index (χ1v) is 12.0. The Morgan fingerprint density at radius 3 is 2.06 bits per heavy atom. The summed E-state index contributed by atoms with van der Waals surface area (Å²) in [6.07, 6.45) is 1.68. The molecule has 2 N–H and O–H groups in total. The normalized spacial score (nSPS) is 11.7. The van der Waals surface area contributed by atoms with E-state index in [0.717, 1.165) is 16.9 Å². The van der Waals surface area contributed by atoms with E-state index in [4.69, 9.17) is 23.7 Å². The molecule has 0 bridgehead atoms. The van der Waals surface area contributed by atoms with Crippen molar-refractivity contribution in [3.8, 4) is 11.5 Å². The van der Waals surface area contributed by atoms with Gasteiger partial charge in [-0.1, -0.05) is 38.1 Å². The summed E-state index contributed by atoms with van der Waals surface area (Å²) < 4.78 is 22.0. The predicted molar refractivity (Wildman–Crippen MR) is 136 cm³/mol. The molecule has 0 saturated carbocycles. The van der Waals surface area contributed by atoms with Crippen molar-refractivity contribution >= 4 is 6.09 Å². The van der Waals surface area contributed by atoms with Crippen molar-refractivity contribution in [3.63, 3.8) is 0 Å². The highest BCUT2D eigenvalue weighted by atomic mass is 16.6. The van der Waals surface area contributed by atoms with Gasteiger partial charge in [-0.2, -0.15) is 0 Å². The van der Waals surface area contributed by atoms with Crippen molar-refractivity contribution in [2.75, 3.05) is 13.2 Å². The molecule has 1 heterocycles. The summed E-state index contributed by atoms with van der Waals surface area (Å²) in [5, 5.41) is 11.8. The third kappa shape index (κ3) is 8.02. The molecule has 8 heteroatoms. The maximum atomic E-state index is 11.7. The van der Waals surface area contributed by atoms with E-state index < -0.39 is 11.7 Å². The largest absolute Gasteiger partial charge is 0.494 e. The predicted octanol–water partition coefficient (Wildman–Crippen LogP) is 5.37. The maximum Gasteiger partial charge on any atom is 0.407 e. The molecule has 0 fully saturated rings. The number of hydrogen-bond donors (Lipinski definition) is 2.